The van der Waals surface area contributed by atoms with Crippen LogP contribution >= 0.6 is 0 Å². The average molecular weight is 306 g/mol. The van der Waals surface area contributed by atoms with E-state index in [1.807, 2.05) is 36.4 Å². The summed E-state index contributed by atoms with van der Waals surface area (Å²) in [7, 11) is 1.63. The Bertz CT molecular complexity index is 812. The summed E-state index contributed by atoms with van der Waals surface area (Å²) in [6.07, 6.45) is 3.70. The smallest absolute Gasteiger partial charge is 0.264 e. The van der Waals surface area contributed by atoms with Gasteiger partial charge in [-0.25, -0.2) is 0 Å². The van der Waals surface area contributed by atoms with E-state index < -0.39 is 0 Å². The molecule has 1 amide bonds. The summed E-state index contributed by atoms with van der Waals surface area (Å²) in [5.74, 6) is 0.604. The lowest BCUT2D eigenvalue weighted by Crippen LogP contribution is -2.28. The Balaban J connectivity index is 2.05. The Morgan fingerprint density at radius 3 is 2.52 bits per heavy atom. The minimum atomic E-state index is -0.176. The Hall–Kier alpha value is -2.80. The number of benzene rings is 2. The van der Waals surface area contributed by atoms with Crippen LogP contribution in [0.1, 0.15) is 18.4 Å². The molecular formula is C19H18N2O2. The molecule has 4 heteroatoms. The van der Waals surface area contributed by atoms with Gasteiger partial charge in [-0.05, 0) is 35.9 Å². The zero-order chi connectivity index (χ0) is 16.2. The quantitative estimate of drug-likeness (QED) is 0.645. The van der Waals surface area contributed by atoms with Crippen molar-refractivity contribution in [2.75, 3.05) is 20.2 Å². The lowest BCUT2D eigenvalue weighted by atomic mass is 10.0. The fourth-order valence-electron chi connectivity index (χ4n) is 2.99. The van der Waals surface area contributed by atoms with Crippen LogP contribution in [-0.2, 0) is 4.79 Å². The molecule has 0 aromatic heterocycles. The van der Waals surface area contributed by atoms with Gasteiger partial charge in [0.25, 0.3) is 5.91 Å². The van der Waals surface area contributed by atoms with Crippen LogP contribution in [0.3, 0.4) is 0 Å². The molecule has 23 heavy (non-hydrogen) atoms. The molecule has 1 aliphatic rings. The number of hydrogen-bond donors (Lipinski definition) is 0. The molecule has 0 N–H and O–H groups in total. The fourth-order valence-corrected chi connectivity index (χ4v) is 2.99. The van der Waals surface area contributed by atoms with Crippen LogP contribution in [0.15, 0.2) is 42.0 Å². The van der Waals surface area contributed by atoms with Gasteiger partial charge in [-0.15, -0.1) is 0 Å². The molecule has 1 fully saturated rings. The first-order chi connectivity index (χ1) is 11.2. The van der Waals surface area contributed by atoms with Crippen molar-refractivity contribution < 1.29 is 9.53 Å². The summed E-state index contributed by atoms with van der Waals surface area (Å²) in [6.45, 7) is 1.47. The second-order valence-electron chi connectivity index (χ2n) is 5.57. The molecule has 116 valence electrons. The molecule has 4 nitrogen and oxygen atoms in total. The standard InChI is InChI=1S/C19H18N2O2/c1-23-18-9-8-14(16-6-2-3-7-17(16)18)12-15(13-20)19(22)21-10-4-5-11-21/h2-3,6-9,12H,4-5,10-11H2,1H3/b15-12+. The molecule has 0 bridgehead atoms. The highest BCUT2D eigenvalue weighted by Gasteiger charge is 2.21. The van der Waals surface area contributed by atoms with Gasteiger partial charge in [-0.3, -0.25) is 4.79 Å². The van der Waals surface area contributed by atoms with E-state index in [1.165, 1.54) is 0 Å². The van der Waals surface area contributed by atoms with Gasteiger partial charge in [0.15, 0.2) is 0 Å². The number of amides is 1. The number of carbonyl (C=O) groups excluding carboxylic acids is 1. The van der Waals surface area contributed by atoms with Crippen LogP contribution < -0.4 is 4.74 Å². The van der Waals surface area contributed by atoms with Crippen LogP contribution in [0.25, 0.3) is 16.8 Å². The first-order valence-electron chi connectivity index (χ1n) is 7.71. The van der Waals surface area contributed by atoms with Gasteiger partial charge in [-0.1, -0.05) is 30.3 Å². The highest BCUT2D eigenvalue weighted by molar-refractivity contribution is 6.04. The molecule has 1 aliphatic heterocycles. The molecule has 1 heterocycles. The van der Waals surface area contributed by atoms with Crippen molar-refractivity contribution in [3.63, 3.8) is 0 Å². The number of nitrogens with zero attached hydrogens (tertiary/aromatic N) is 2. The molecule has 0 aliphatic carbocycles. The SMILES string of the molecule is COc1ccc(/C=C(\C#N)C(=O)N2CCCC2)c2ccccc12. The number of nitriles is 1. The van der Waals surface area contributed by atoms with Crippen molar-refractivity contribution in [3.05, 3.63) is 47.5 Å². The molecule has 0 radical (unpaired) electrons. The van der Waals surface area contributed by atoms with Crippen molar-refractivity contribution in [3.8, 4) is 11.8 Å². The average Bonchev–Trinajstić information content (AvgIpc) is 3.13. The van der Waals surface area contributed by atoms with E-state index in [1.54, 1.807) is 18.1 Å². The zero-order valence-electron chi connectivity index (χ0n) is 13.1. The number of hydrogen-bond acceptors (Lipinski definition) is 3. The molecule has 0 atom stereocenters. The van der Waals surface area contributed by atoms with E-state index in [9.17, 15) is 10.1 Å². The van der Waals surface area contributed by atoms with Gasteiger partial charge in [0, 0.05) is 18.5 Å². The third-order valence-electron chi connectivity index (χ3n) is 4.18. The van der Waals surface area contributed by atoms with Gasteiger partial charge in [0.05, 0.1) is 7.11 Å². The molecule has 2 aromatic carbocycles. The molecule has 0 saturated carbocycles. The normalized spacial score (nSPS) is 14.8. The minimum Gasteiger partial charge on any atom is -0.496 e. The molecular weight excluding hydrogens is 288 g/mol. The van der Waals surface area contributed by atoms with Crippen molar-refractivity contribution in [2.45, 2.75) is 12.8 Å². The van der Waals surface area contributed by atoms with E-state index in [4.69, 9.17) is 4.74 Å². The summed E-state index contributed by atoms with van der Waals surface area (Å²) >= 11 is 0. The summed E-state index contributed by atoms with van der Waals surface area (Å²) in [5.41, 5.74) is 1.03. The first kappa shape index (κ1) is 15.1. The topological polar surface area (TPSA) is 53.3 Å². The van der Waals surface area contributed by atoms with Crippen molar-refractivity contribution in [2.24, 2.45) is 0 Å². The zero-order valence-corrected chi connectivity index (χ0v) is 13.1. The van der Waals surface area contributed by atoms with Crippen molar-refractivity contribution >= 4 is 22.8 Å². The highest BCUT2D eigenvalue weighted by Crippen LogP contribution is 2.29. The lowest BCUT2D eigenvalue weighted by molar-refractivity contribution is -0.125. The fraction of sp³-hybridized carbons (Fsp3) is 0.263. The van der Waals surface area contributed by atoms with Crippen LogP contribution in [0.2, 0.25) is 0 Å². The predicted octanol–water partition coefficient (Wildman–Crippen LogP) is 3.38. The number of rotatable bonds is 3. The lowest BCUT2D eigenvalue weighted by Gasteiger charge is -2.14. The van der Waals surface area contributed by atoms with E-state index in [0.717, 1.165) is 48.0 Å². The maximum atomic E-state index is 12.5. The van der Waals surface area contributed by atoms with Crippen LogP contribution in [0.4, 0.5) is 0 Å². The summed E-state index contributed by atoms with van der Waals surface area (Å²) in [6, 6.07) is 13.6. The molecule has 0 spiro atoms. The molecule has 1 saturated heterocycles. The Kier molecular flexibility index (Phi) is 4.29. The third kappa shape index (κ3) is 2.91. The predicted molar refractivity (Wildman–Crippen MR) is 89.9 cm³/mol. The highest BCUT2D eigenvalue weighted by atomic mass is 16.5. The Labute approximate surface area is 135 Å². The van der Waals surface area contributed by atoms with Crippen LogP contribution in [-0.4, -0.2) is 31.0 Å². The number of likely N-dealkylation sites (tertiary alicyclic amines) is 1. The number of fused-ring (bicyclic) bond motifs is 1. The van der Waals surface area contributed by atoms with Gasteiger partial charge in [0.2, 0.25) is 0 Å². The first-order valence-corrected chi connectivity index (χ1v) is 7.71. The summed E-state index contributed by atoms with van der Waals surface area (Å²) < 4.78 is 5.38. The van der Waals surface area contributed by atoms with Crippen molar-refractivity contribution in [1.29, 1.82) is 5.26 Å². The maximum Gasteiger partial charge on any atom is 0.264 e. The van der Waals surface area contributed by atoms with E-state index in [-0.39, 0.29) is 11.5 Å². The monoisotopic (exact) mass is 306 g/mol. The van der Waals surface area contributed by atoms with E-state index in [2.05, 4.69) is 6.07 Å². The molecule has 2 aromatic rings. The largest absolute Gasteiger partial charge is 0.496 e. The van der Waals surface area contributed by atoms with Crippen LogP contribution in [0, 0.1) is 11.3 Å². The maximum absolute atomic E-state index is 12.5. The number of methoxy groups -OCH3 is 1. The van der Waals surface area contributed by atoms with E-state index in [0.29, 0.717) is 0 Å². The second kappa shape index (κ2) is 6.53. The Morgan fingerprint density at radius 2 is 1.87 bits per heavy atom. The van der Waals surface area contributed by atoms with Crippen LogP contribution in [0.5, 0.6) is 5.75 Å². The van der Waals surface area contributed by atoms with Gasteiger partial charge >= 0.3 is 0 Å². The summed E-state index contributed by atoms with van der Waals surface area (Å²) in [5, 5.41) is 11.3. The van der Waals surface area contributed by atoms with Crippen molar-refractivity contribution in [1.82, 2.24) is 4.90 Å². The minimum absolute atomic E-state index is 0.176. The second-order valence-corrected chi connectivity index (χ2v) is 5.57. The summed E-state index contributed by atoms with van der Waals surface area (Å²) in [4.78, 5) is 14.2. The third-order valence-corrected chi connectivity index (χ3v) is 4.18. The van der Waals surface area contributed by atoms with Gasteiger partial charge < -0.3 is 9.64 Å². The molecule has 3 rings (SSSR count). The Morgan fingerprint density at radius 1 is 1.17 bits per heavy atom. The molecule has 0 unspecified atom stereocenters. The number of carbonyl (C=O) groups is 1. The number of ether oxygens (including phenoxy) is 1. The van der Waals surface area contributed by atoms with Gasteiger partial charge in [0.1, 0.15) is 17.4 Å². The van der Waals surface area contributed by atoms with Gasteiger partial charge in [-0.2, -0.15) is 5.26 Å². The van der Waals surface area contributed by atoms with E-state index >= 15 is 0 Å².